The number of hydrogen-bond acceptors (Lipinski definition) is 6. The van der Waals surface area contributed by atoms with Crippen molar-refractivity contribution in [3.05, 3.63) is 41.9 Å². The smallest absolute Gasteiger partial charge is 0.228 e. The van der Waals surface area contributed by atoms with E-state index < -0.39 is 0 Å². The number of pyridine rings is 1. The molecular formula is C18H25N5O. The van der Waals surface area contributed by atoms with Crippen molar-refractivity contribution < 1.29 is 4.74 Å². The third kappa shape index (κ3) is 4.41. The first-order valence-corrected chi connectivity index (χ1v) is 8.59. The van der Waals surface area contributed by atoms with Crippen molar-refractivity contribution in [2.45, 2.75) is 20.3 Å². The van der Waals surface area contributed by atoms with Crippen molar-refractivity contribution in [2.24, 2.45) is 0 Å². The van der Waals surface area contributed by atoms with Crippen molar-refractivity contribution in [1.82, 2.24) is 19.9 Å². The van der Waals surface area contributed by atoms with E-state index in [1.54, 1.807) is 0 Å². The van der Waals surface area contributed by atoms with Crippen LogP contribution < -0.4 is 9.64 Å². The van der Waals surface area contributed by atoms with E-state index in [1.807, 2.05) is 38.4 Å². The normalized spacial score (nSPS) is 15.5. The van der Waals surface area contributed by atoms with Crippen molar-refractivity contribution in [1.29, 1.82) is 0 Å². The molecule has 2 aromatic rings. The highest BCUT2D eigenvalue weighted by atomic mass is 16.5. The molecule has 1 aliphatic rings. The molecule has 0 radical (unpaired) electrons. The summed E-state index contributed by atoms with van der Waals surface area (Å²) in [5, 5.41) is 0. The van der Waals surface area contributed by atoms with Crippen molar-refractivity contribution in [2.75, 3.05) is 44.2 Å². The zero-order valence-electron chi connectivity index (χ0n) is 14.5. The minimum Gasteiger partial charge on any atom is -0.478 e. The second-order valence-corrected chi connectivity index (χ2v) is 6.02. The molecule has 0 atom stereocenters. The molecule has 3 heterocycles. The van der Waals surface area contributed by atoms with Crippen LogP contribution in [0, 0.1) is 6.92 Å². The molecule has 6 heteroatoms. The van der Waals surface area contributed by atoms with E-state index in [0.29, 0.717) is 12.5 Å². The van der Waals surface area contributed by atoms with Crippen LogP contribution in [0.15, 0.2) is 30.6 Å². The number of nitrogens with zero attached hydrogens (tertiary/aromatic N) is 5. The van der Waals surface area contributed by atoms with Crippen LogP contribution in [0.5, 0.6) is 5.88 Å². The molecule has 1 fully saturated rings. The lowest BCUT2D eigenvalue weighted by Crippen LogP contribution is -2.47. The number of hydrogen-bond donors (Lipinski definition) is 0. The lowest BCUT2D eigenvalue weighted by molar-refractivity contribution is 0.259. The fourth-order valence-corrected chi connectivity index (χ4v) is 2.89. The lowest BCUT2D eigenvalue weighted by atomic mass is 10.2. The zero-order valence-corrected chi connectivity index (χ0v) is 14.5. The van der Waals surface area contributed by atoms with E-state index in [9.17, 15) is 0 Å². The van der Waals surface area contributed by atoms with Gasteiger partial charge in [0.25, 0.3) is 0 Å². The van der Waals surface area contributed by atoms with E-state index in [1.165, 1.54) is 5.56 Å². The summed E-state index contributed by atoms with van der Waals surface area (Å²) in [6.45, 7) is 9.60. The molecule has 24 heavy (non-hydrogen) atoms. The molecule has 1 saturated heterocycles. The third-order valence-electron chi connectivity index (χ3n) is 4.21. The largest absolute Gasteiger partial charge is 0.478 e. The lowest BCUT2D eigenvalue weighted by Gasteiger charge is -2.34. The first-order chi connectivity index (χ1) is 11.7. The first-order valence-electron chi connectivity index (χ1n) is 8.59. The predicted octanol–water partition coefficient (Wildman–Crippen LogP) is 1.94. The van der Waals surface area contributed by atoms with E-state index in [-0.39, 0.29) is 0 Å². The quantitative estimate of drug-likeness (QED) is 0.808. The zero-order chi connectivity index (χ0) is 16.8. The molecule has 0 saturated carbocycles. The number of ether oxygens (including phenoxy) is 1. The molecule has 1 aliphatic heterocycles. The van der Waals surface area contributed by atoms with Gasteiger partial charge in [-0.2, -0.15) is 4.98 Å². The molecule has 6 nitrogen and oxygen atoms in total. The molecule has 128 valence electrons. The summed E-state index contributed by atoms with van der Waals surface area (Å²) < 4.78 is 5.53. The molecule has 3 rings (SSSR count). The van der Waals surface area contributed by atoms with Crippen LogP contribution in [0.1, 0.15) is 18.2 Å². The average Bonchev–Trinajstić information content (AvgIpc) is 2.61. The summed E-state index contributed by atoms with van der Waals surface area (Å²) in [5.41, 5.74) is 2.24. The fraction of sp³-hybridized carbons (Fsp3) is 0.500. The van der Waals surface area contributed by atoms with E-state index >= 15 is 0 Å². The molecule has 0 aliphatic carbocycles. The molecule has 0 spiro atoms. The van der Waals surface area contributed by atoms with Crippen molar-refractivity contribution in [3.63, 3.8) is 0 Å². The maximum absolute atomic E-state index is 5.53. The first kappa shape index (κ1) is 16.6. The summed E-state index contributed by atoms with van der Waals surface area (Å²) in [4.78, 5) is 18.0. The molecule has 0 unspecified atom stereocenters. The van der Waals surface area contributed by atoms with Crippen LogP contribution in [-0.2, 0) is 6.42 Å². The fourth-order valence-electron chi connectivity index (χ4n) is 2.89. The van der Waals surface area contributed by atoms with Crippen molar-refractivity contribution >= 4 is 5.95 Å². The maximum atomic E-state index is 5.53. The number of aromatic nitrogens is 3. The summed E-state index contributed by atoms with van der Waals surface area (Å²) in [7, 11) is 0. The number of rotatable bonds is 6. The highest BCUT2D eigenvalue weighted by Gasteiger charge is 2.19. The van der Waals surface area contributed by atoms with Gasteiger partial charge in [0.15, 0.2) is 0 Å². The number of piperazine rings is 1. The SMILES string of the molecule is CCOc1cc(C)nc(N2CCN(CCc3cccnc3)CC2)n1. The Hall–Kier alpha value is -2.21. The van der Waals surface area contributed by atoms with Crippen LogP contribution in [0.2, 0.25) is 0 Å². The van der Waals surface area contributed by atoms with E-state index in [4.69, 9.17) is 4.74 Å². The van der Waals surface area contributed by atoms with Gasteiger partial charge in [-0.3, -0.25) is 9.88 Å². The standard InChI is InChI=1S/C18H25N5O/c1-3-24-17-13-15(2)20-18(21-17)23-11-9-22(10-12-23)8-6-16-5-4-7-19-14-16/h4-5,7,13-14H,3,6,8-12H2,1-2H3. The van der Waals surface area contributed by atoms with E-state index in [2.05, 4.69) is 30.8 Å². The minimum absolute atomic E-state index is 0.623. The predicted molar refractivity (Wildman–Crippen MR) is 94.5 cm³/mol. The second-order valence-electron chi connectivity index (χ2n) is 6.02. The summed E-state index contributed by atoms with van der Waals surface area (Å²) >= 11 is 0. The summed E-state index contributed by atoms with van der Waals surface area (Å²) in [6.07, 6.45) is 4.82. The Morgan fingerprint density at radius 3 is 2.71 bits per heavy atom. The topological polar surface area (TPSA) is 54.4 Å². The Bertz CT molecular complexity index is 641. The Morgan fingerprint density at radius 2 is 2.00 bits per heavy atom. The minimum atomic E-state index is 0.623. The van der Waals surface area contributed by atoms with Gasteiger partial charge >= 0.3 is 0 Å². The number of anilines is 1. The monoisotopic (exact) mass is 327 g/mol. The molecular weight excluding hydrogens is 302 g/mol. The van der Waals surface area contributed by atoms with Crippen LogP contribution >= 0.6 is 0 Å². The third-order valence-corrected chi connectivity index (χ3v) is 4.21. The second kappa shape index (κ2) is 8.06. The van der Waals surface area contributed by atoms with Gasteiger partial charge in [0.2, 0.25) is 11.8 Å². The van der Waals surface area contributed by atoms with Gasteiger partial charge in [0.1, 0.15) is 0 Å². The molecule has 0 amide bonds. The van der Waals surface area contributed by atoms with Crippen LogP contribution in [-0.4, -0.2) is 59.2 Å². The van der Waals surface area contributed by atoms with Gasteiger partial charge in [-0.25, -0.2) is 4.98 Å². The Kier molecular flexibility index (Phi) is 5.59. The van der Waals surface area contributed by atoms with Crippen LogP contribution in [0.25, 0.3) is 0 Å². The molecule has 0 aromatic carbocycles. The number of aryl methyl sites for hydroxylation is 1. The van der Waals surface area contributed by atoms with Gasteiger partial charge in [0, 0.05) is 56.9 Å². The highest BCUT2D eigenvalue weighted by molar-refractivity contribution is 5.35. The van der Waals surface area contributed by atoms with Crippen LogP contribution in [0.3, 0.4) is 0 Å². The van der Waals surface area contributed by atoms with Gasteiger partial charge in [-0.15, -0.1) is 0 Å². The van der Waals surface area contributed by atoms with Gasteiger partial charge in [-0.05, 0) is 31.9 Å². The Balaban J connectivity index is 1.53. The Labute approximate surface area is 143 Å². The van der Waals surface area contributed by atoms with E-state index in [0.717, 1.165) is 50.8 Å². The average molecular weight is 327 g/mol. The molecule has 0 bridgehead atoms. The maximum Gasteiger partial charge on any atom is 0.228 e. The Morgan fingerprint density at radius 1 is 1.17 bits per heavy atom. The van der Waals surface area contributed by atoms with Gasteiger partial charge in [-0.1, -0.05) is 6.07 Å². The molecule has 0 N–H and O–H groups in total. The van der Waals surface area contributed by atoms with Gasteiger partial charge in [0.05, 0.1) is 6.61 Å². The van der Waals surface area contributed by atoms with Crippen molar-refractivity contribution in [3.8, 4) is 5.88 Å². The molecule has 2 aromatic heterocycles. The van der Waals surface area contributed by atoms with Crippen LogP contribution in [0.4, 0.5) is 5.95 Å². The van der Waals surface area contributed by atoms with Gasteiger partial charge < -0.3 is 9.64 Å². The summed E-state index contributed by atoms with van der Waals surface area (Å²) in [6, 6.07) is 6.02. The summed E-state index contributed by atoms with van der Waals surface area (Å²) in [5.74, 6) is 1.45. The highest BCUT2D eigenvalue weighted by Crippen LogP contribution is 2.17.